The van der Waals surface area contributed by atoms with E-state index in [2.05, 4.69) is 10.6 Å². The molecule has 0 saturated heterocycles. The van der Waals surface area contributed by atoms with E-state index in [1.165, 1.54) is 6.92 Å². The van der Waals surface area contributed by atoms with E-state index in [4.69, 9.17) is 16.0 Å². The van der Waals surface area contributed by atoms with Crippen LogP contribution in [0.5, 0.6) is 0 Å². The Morgan fingerprint density at radius 2 is 1.67 bits per heavy atom. The number of Topliss-reactive ketones (excluding diaryl/α,β-unsaturated/α-hetero) is 1. The van der Waals surface area contributed by atoms with Gasteiger partial charge in [0, 0.05) is 21.8 Å². The Morgan fingerprint density at radius 3 is 2.33 bits per heavy atom. The minimum absolute atomic E-state index is 0.00992. The van der Waals surface area contributed by atoms with Gasteiger partial charge in [0.05, 0.1) is 13.1 Å². The van der Waals surface area contributed by atoms with Gasteiger partial charge in [0.2, 0.25) is 5.91 Å². The maximum Gasteiger partial charge on any atom is 0.239 e. The summed E-state index contributed by atoms with van der Waals surface area (Å²) in [7, 11) is 0. The number of carbonyl (C=O) groups is 2. The van der Waals surface area contributed by atoms with Crippen LogP contribution in [0.3, 0.4) is 0 Å². The topological polar surface area (TPSA) is 71.3 Å². The summed E-state index contributed by atoms with van der Waals surface area (Å²) in [4.78, 5) is 23.2. The number of rotatable bonds is 7. The number of hydrogen-bond acceptors (Lipinski definition) is 4. The number of hydrogen-bond donors (Lipinski definition) is 2. The highest BCUT2D eigenvalue weighted by Gasteiger charge is 2.07. The minimum Gasteiger partial charge on any atom is -0.459 e. The first-order chi connectivity index (χ1) is 13.0. The SMILES string of the molecule is CC(=O)c1ccc(NCC(=O)NCc2ccc(-c3ccc(Cl)cc3)o2)cc1. The van der Waals surface area contributed by atoms with Crippen molar-refractivity contribution in [3.05, 3.63) is 77.0 Å². The van der Waals surface area contributed by atoms with Gasteiger partial charge in [0.25, 0.3) is 0 Å². The minimum atomic E-state index is -0.157. The summed E-state index contributed by atoms with van der Waals surface area (Å²) >= 11 is 5.89. The van der Waals surface area contributed by atoms with Crippen LogP contribution in [0.15, 0.2) is 65.1 Å². The van der Waals surface area contributed by atoms with Crippen molar-refractivity contribution in [1.82, 2.24) is 5.32 Å². The second-order valence-electron chi connectivity index (χ2n) is 6.04. The number of nitrogens with one attached hydrogen (secondary N) is 2. The molecular weight excluding hydrogens is 364 g/mol. The van der Waals surface area contributed by atoms with Crippen LogP contribution in [0.4, 0.5) is 5.69 Å². The average molecular weight is 383 g/mol. The van der Waals surface area contributed by atoms with Crippen LogP contribution in [0.25, 0.3) is 11.3 Å². The van der Waals surface area contributed by atoms with Crippen LogP contribution in [-0.2, 0) is 11.3 Å². The van der Waals surface area contributed by atoms with Crippen molar-refractivity contribution in [3.63, 3.8) is 0 Å². The Labute approximate surface area is 162 Å². The predicted octanol–water partition coefficient (Wildman–Crippen LogP) is 4.53. The maximum absolute atomic E-state index is 12.0. The number of carbonyl (C=O) groups excluding carboxylic acids is 2. The lowest BCUT2D eigenvalue weighted by Gasteiger charge is -2.07. The first kappa shape index (κ1) is 18.7. The number of ketones is 1. The van der Waals surface area contributed by atoms with Crippen LogP contribution in [-0.4, -0.2) is 18.2 Å². The fourth-order valence-electron chi connectivity index (χ4n) is 2.50. The zero-order valence-electron chi connectivity index (χ0n) is 14.8. The van der Waals surface area contributed by atoms with Crippen molar-refractivity contribution >= 4 is 29.0 Å². The fourth-order valence-corrected chi connectivity index (χ4v) is 2.62. The molecule has 0 aliphatic carbocycles. The van der Waals surface area contributed by atoms with E-state index >= 15 is 0 Å². The first-order valence-electron chi connectivity index (χ1n) is 8.47. The van der Waals surface area contributed by atoms with Crippen LogP contribution in [0.1, 0.15) is 23.0 Å². The third-order valence-corrected chi connectivity index (χ3v) is 4.25. The lowest BCUT2D eigenvalue weighted by Crippen LogP contribution is -2.29. The van der Waals surface area contributed by atoms with E-state index in [0.29, 0.717) is 22.9 Å². The molecule has 0 unspecified atom stereocenters. The number of benzene rings is 2. The molecule has 5 nitrogen and oxygen atoms in total. The molecule has 27 heavy (non-hydrogen) atoms. The van der Waals surface area contributed by atoms with Gasteiger partial charge in [-0.3, -0.25) is 9.59 Å². The number of halogens is 1. The third-order valence-electron chi connectivity index (χ3n) is 3.99. The van der Waals surface area contributed by atoms with Gasteiger partial charge in [-0.05, 0) is 67.6 Å². The van der Waals surface area contributed by atoms with Crippen LogP contribution >= 0.6 is 11.6 Å². The first-order valence-corrected chi connectivity index (χ1v) is 8.85. The van der Waals surface area contributed by atoms with Gasteiger partial charge < -0.3 is 15.1 Å². The fraction of sp³-hybridized carbons (Fsp3) is 0.143. The van der Waals surface area contributed by atoms with Crippen LogP contribution < -0.4 is 10.6 Å². The van der Waals surface area contributed by atoms with Gasteiger partial charge in [-0.1, -0.05) is 11.6 Å². The molecule has 2 N–H and O–H groups in total. The lowest BCUT2D eigenvalue weighted by atomic mass is 10.1. The Morgan fingerprint density at radius 1 is 0.963 bits per heavy atom. The van der Waals surface area contributed by atoms with E-state index in [1.54, 1.807) is 36.4 Å². The lowest BCUT2D eigenvalue weighted by molar-refractivity contribution is -0.119. The molecule has 0 aliphatic heterocycles. The summed E-state index contributed by atoms with van der Waals surface area (Å²) in [6.45, 7) is 1.95. The molecular formula is C21H19ClN2O3. The van der Waals surface area contributed by atoms with Crippen LogP contribution in [0.2, 0.25) is 5.02 Å². The molecule has 1 aromatic heterocycles. The Kier molecular flexibility index (Phi) is 5.94. The van der Waals surface area contributed by atoms with Crippen molar-refractivity contribution in [1.29, 1.82) is 0 Å². The molecule has 0 spiro atoms. The summed E-state index contributed by atoms with van der Waals surface area (Å²) in [6.07, 6.45) is 0. The van der Waals surface area contributed by atoms with Crippen molar-refractivity contribution in [2.75, 3.05) is 11.9 Å². The quantitative estimate of drug-likeness (QED) is 0.589. The molecule has 6 heteroatoms. The van der Waals surface area contributed by atoms with Gasteiger partial charge in [0.15, 0.2) is 5.78 Å². The van der Waals surface area contributed by atoms with Gasteiger partial charge >= 0.3 is 0 Å². The number of amides is 1. The molecule has 0 aliphatic rings. The molecule has 2 aromatic carbocycles. The molecule has 0 fully saturated rings. The van der Waals surface area contributed by atoms with E-state index < -0.39 is 0 Å². The molecule has 3 aromatic rings. The standard InChI is InChI=1S/C21H19ClN2O3/c1-14(25)15-4-8-18(9-5-15)23-13-21(26)24-12-19-10-11-20(27-19)16-2-6-17(22)7-3-16/h2-11,23H,12-13H2,1H3,(H,24,26). The Bertz CT molecular complexity index is 931. The molecule has 0 radical (unpaired) electrons. The monoisotopic (exact) mass is 382 g/mol. The molecule has 0 atom stereocenters. The smallest absolute Gasteiger partial charge is 0.239 e. The highest BCUT2D eigenvalue weighted by molar-refractivity contribution is 6.30. The second-order valence-corrected chi connectivity index (χ2v) is 6.47. The average Bonchev–Trinajstić information content (AvgIpc) is 3.14. The summed E-state index contributed by atoms with van der Waals surface area (Å²) in [6, 6.07) is 18.1. The summed E-state index contributed by atoms with van der Waals surface area (Å²) in [5, 5.41) is 6.49. The zero-order valence-corrected chi connectivity index (χ0v) is 15.5. The van der Waals surface area contributed by atoms with E-state index in [-0.39, 0.29) is 18.2 Å². The second kappa shape index (κ2) is 8.56. The Balaban J connectivity index is 1.48. The molecule has 3 rings (SSSR count). The van der Waals surface area contributed by atoms with Crippen molar-refractivity contribution in [3.8, 4) is 11.3 Å². The highest BCUT2D eigenvalue weighted by atomic mass is 35.5. The highest BCUT2D eigenvalue weighted by Crippen LogP contribution is 2.23. The van der Waals surface area contributed by atoms with Crippen LogP contribution in [0, 0.1) is 0 Å². The molecule has 1 amide bonds. The van der Waals surface area contributed by atoms with Crippen molar-refractivity contribution < 1.29 is 14.0 Å². The summed E-state index contributed by atoms with van der Waals surface area (Å²) < 4.78 is 5.75. The van der Waals surface area contributed by atoms with Gasteiger partial charge in [0.1, 0.15) is 11.5 Å². The van der Waals surface area contributed by atoms with E-state index in [1.807, 2.05) is 24.3 Å². The number of furan rings is 1. The van der Waals surface area contributed by atoms with Gasteiger partial charge in [-0.15, -0.1) is 0 Å². The predicted molar refractivity (Wildman–Crippen MR) is 106 cm³/mol. The molecule has 138 valence electrons. The Hall–Kier alpha value is -3.05. The molecule has 0 bridgehead atoms. The van der Waals surface area contributed by atoms with E-state index in [9.17, 15) is 9.59 Å². The summed E-state index contributed by atoms with van der Waals surface area (Å²) in [5.41, 5.74) is 2.34. The molecule has 0 saturated carbocycles. The third kappa shape index (κ3) is 5.21. The van der Waals surface area contributed by atoms with Crippen molar-refractivity contribution in [2.45, 2.75) is 13.5 Å². The van der Waals surface area contributed by atoms with Gasteiger partial charge in [-0.25, -0.2) is 0 Å². The summed E-state index contributed by atoms with van der Waals surface area (Å²) in [5.74, 6) is 1.24. The maximum atomic E-state index is 12.0. The normalized spacial score (nSPS) is 10.4. The van der Waals surface area contributed by atoms with E-state index in [0.717, 1.165) is 17.0 Å². The number of anilines is 1. The largest absolute Gasteiger partial charge is 0.459 e. The van der Waals surface area contributed by atoms with Gasteiger partial charge in [-0.2, -0.15) is 0 Å². The molecule has 1 heterocycles. The van der Waals surface area contributed by atoms with Crippen molar-refractivity contribution in [2.24, 2.45) is 0 Å². The zero-order chi connectivity index (χ0) is 19.2.